The highest BCUT2D eigenvalue weighted by atomic mass is 35.5. The average molecular weight is 451 g/mol. The van der Waals surface area contributed by atoms with Crippen LogP contribution in [0.25, 0.3) is 0 Å². The summed E-state index contributed by atoms with van der Waals surface area (Å²) in [6, 6.07) is 19.4. The van der Waals surface area contributed by atoms with Crippen molar-refractivity contribution in [2.75, 3.05) is 0 Å². The predicted molar refractivity (Wildman–Crippen MR) is 110 cm³/mol. The van der Waals surface area contributed by atoms with Crippen molar-refractivity contribution in [1.29, 1.82) is 0 Å². The number of ether oxygens (including phenoxy) is 1. The van der Waals surface area contributed by atoms with E-state index in [-0.39, 0.29) is 5.56 Å². The van der Waals surface area contributed by atoms with Crippen molar-refractivity contribution < 1.29 is 22.7 Å². The lowest BCUT2D eigenvalue weighted by atomic mass is 10.2. The summed E-state index contributed by atoms with van der Waals surface area (Å²) in [5, 5.41) is 4.59. The van der Waals surface area contributed by atoms with Gasteiger partial charge in [-0.05, 0) is 54.6 Å². The number of alkyl halides is 3. The lowest BCUT2D eigenvalue weighted by molar-refractivity contribution is -0.274. The van der Waals surface area contributed by atoms with E-state index in [1.807, 2.05) is 36.4 Å². The number of benzene rings is 3. The van der Waals surface area contributed by atoms with Crippen LogP contribution in [-0.2, 0) is 0 Å². The van der Waals surface area contributed by atoms with Crippen molar-refractivity contribution in [2.45, 2.75) is 16.2 Å². The van der Waals surface area contributed by atoms with E-state index in [4.69, 9.17) is 11.6 Å². The molecule has 0 aliphatic heterocycles. The summed E-state index contributed by atoms with van der Waals surface area (Å²) in [6.45, 7) is 0. The molecule has 0 fully saturated rings. The van der Waals surface area contributed by atoms with Crippen LogP contribution in [0.15, 0.2) is 87.7 Å². The Kier molecular flexibility index (Phi) is 7.02. The summed E-state index contributed by atoms with van der Waals surface area (Å²) in [5.41, 5.74) is 3.28. The number of hydrogen-bond donors (Lipinski definition) is 1. The Morgan fingerprint density at radius 2 is 1.67 bits per heavy atom. The molecule has 154 valence electrons. The summed E-state index contributed by atoms with van der Waals surface area (Å²) in [5.74, 6) is -0.969. The van der Waals surface area contributed by atoms with Crippen LogP contribution in [0.5, 0.6) is 5.75 Å². The minimum Gasteiger partial charge on any atom is -0.406 e. The van der Waals surface area contributed by atoms with Crippen molar-refractivity contribution in [3.05, 3.63) is 88.9 Å². The maximum absolute atomic E-state index is 12.2. The smallest absolute Gasteiger partial charge is 0.406 e. The molecule has 0 aliphatic carbocycles. The highest BCUT2D eigenvalue weighted by molar-refractivity contribution is 7.99. The zero-order valence-corrected chi connectivity index (χ0v) is 16.8. The van der Waals surface area contributed by atoms with Gasteiger partial charge in [0.2, 0.25) is 0 Å². The molecule has 0 aliphatic rings. The van der Waals surface area contributed by atoms with Gasteiger partial charge in [0.1, 0.15) is 5.75 Å². The number of carbonyl (C=O) groups is 1. The summed E-state index contributed by atoms with van der Waals surface area (Å²) in [4.78, 5) is 14.0. The molecule has 0 heterocycles. The standard InChI is InChI=1S/C21H14ClF3N2O2S/c22-16-7-11-18(12-8-16)30-19-4-2-1-3-15(19)13-26-27-20(28)14-5-9-17(10-6-14)29-21(23,24)25/h1-13H,(H,27,28)/b26-13+. The van der Waals surface area contributed by atoms with Gasteiger partial charge in [0.05, 0.1) is 6.21 Å². The predicted octanol–water partition coefficient (Wildman–Crippen LogP) is 6.15. The second-order valence-corrected chi connectivity index (χ2v) is 7.42. The fraction of sp³-hybridized carbons (Fsp3) is 0.0476. The molecule has 3 aromatic carbocycles. The Labute approximate surface area is 179 Å². The first-order valence-electron chi connectivity index (χ1n) is 8.52. The van der Waals surface area contributed by atoms with Crippen molar-refractivity contribution in [3.8, 4) is 5.75 Å². The molecule has 0 atom stereocenters. The van der Waals surface area contributed by atoms with Gasteiger partial charge in [0.15, 0.2) is 0 Å². The molecule has 3 aromatic rings. The van der Waals surface area contributed by atoms with E-state index in [1.165, 1.54) is 30.1 Å². The molecule has 0 saturated carbocycles. The van der Waals surface area contributed by atoms with Gasteiger partial charge in [-0.1, -0.05) is 41.6 Å². The summed E-state index contributed by atoms with van der Waals surface area (Å²) < 4.78 is 40.3. The fourth-order valence-electron chi connectivity index (χ4n) is 2.34. The molecule has 0 radical (unpaired) electrons. The average Bonchev–Trinajstić information content (AvgIpc) is 2.70. The molecular weight excluding hydrogens is 437 g/mol. The minimum absolute atomic E-state index is 0.144. The largest absolute Gasteiger partial charge is 0.573 e. The highest BCUT2D eigenvalue weighted by Crippen LogP contribution is 2.30. The molecule has 1 N–H and O–H groups in total. The van der Waals surface area contributed by atoms with Crippen LogP contribution in [0.1, 0.15) is 15.9 Å². The number of amides is 1. The number of nitrogens with zero attached hydrogens (tertiary/aromatic N) is 1. The molecule has 4 nitrogen and oxygen atoms in total. The van der Waals surface area contributed by atoms with Crippen LogP contribution in [0, 0.1) is 0 Å². The van der Waals surface area contributed by atoms with Gasteiger partial charge in [-0.25, -0.2) is 5.43 Å². The Bertz CT molecular complexity index is 1040. The summed E-state index contributed by atoms with van der Waals surface area (Å²) >= 11 is 7.42. The molecule has 0 saturated heterocycles. The summed E-state index contributed by atoms with van der Waals surface area (Å²) in [7, 11) is 0. The molecule has 0 bridgehead atoms. The van der Waals surface area contributed by atoms with E-state index in [0.29, 0.717) is 5.02 Å². The number of rotatable bonds is 6. The summed E-state index contributed by atoms with van der Waals surface area (Å²) in [6.07, 6.45) is -3.29. The number of nitrogens with one attached hydrogen (secondary N) is 1. The first-order chi connectivity index (χ1) is 14.3. The second-order valence-electron chi connectivity index (χ2n) is 5.87. The van der Waals surface area contributed by atoms with E-state index in [0.717, 1.165) is 27.5 Å². The van der Waals surface area contributed by atoms with Crippen molar-refractivity contribution in [3.63, 3.8) is 0 Å². The molecule has 0 aromatic heterocycles. The Morgan fingerprint density at radius 3 is 2.33 bits per heavy atom. The monoisotopic (exact) mass is 450 g/mol. The molecule has 0 unspecified atom stereocenters. The Morgan fingerprint density at radius 1 is 1.00 bits per heavy atom. The van der Waals surface area contributed by atoms with Crippen LogP contribution in [0.3, 0.4) is 0 Å². The normalized spacial score (nSPS) is 11.5. The fourth-order valence-corrected chi connectivity index (χ4v) is 3.38. The third-order valence-corrected chi connectivity index (χ3v) is 5.03. The SMILES string of the molecule is O=C(N/N=C/c1ccccc1Sc1ccc(Cl)cc1)c1ccc(OC(F)(F)F)cc1. The van der Waals surface area contributed by atoms with Gasteiger partial charge in [0, 0.05) is 25.9 Å². The number of carbonyl (C=O) groups excluding carboxylic acids is 1. The van der Waals surface area contributed by atoms with E-state index < -0.39 is 18.0 Å². The zero-order valence-electron chi connectivity index (χ0n) is 15.2. The van der Waals surface area contributed by atoms with E-state index in [9.17, 15) is 18.0 Å². The third kappa shape index (κ3) is 6.53. The number of halogens is 4. The molecule has 30 heavy (non-hydrogen) atoms. The molecule has 9 heteroatoms. The molecular formula is C21H14ClF3N2O2S. The minimum atomic E-state index is -4.79. The van der Waals surface area contributed by atoms with E-state index >= 15 is 0 Å². The van der Waals surface area contributed by atoms with Crippen molar-refractivity contribution in [1.82, 2.24) is 5.43 Å². The van der Waals surface area contributed by atoms with Crippen LogP contribution in [0.2, 0.25) is 5.02 Å². The first kappa shape index (κ1) is 21.7. The van der Waals surface area contributed by atoms with E-state index in [1.54, 1.807) is 12.1 Å². The first-order valence-corrected chi connectivity index (χ1v) is 9.71. The van der Waals surface area contributed by atoms with E-state index in [2.05, 4.69) is 15.3 Å². The number of hydrogen-bond acceptors (Lipinski definition) is 4. The van der Waals surface area contributed by atoms with Gasteiger partial charge < -0.3 is 4.74 Å². The van der Waals surface area contributed by atoms with Crippen molar-refractivity contribution in [2.24, 2.45) is 5.10 Å². The van der Waals surface area contributed by atoms with Gasteiger partial charge in [-0.3, -0.25) is 4.79 Å². The van der Waals surface area contributed by atoms with Crippen LogP contribution in [-0.4, -0.2) is 18.5 Å². The maximum atomic E-state index is 12.2. The topological polar surface area (TPSA) is 50.7 Å². The third-order valence-electron chi connectivity index (χ3n) is 3.68. The molecule has 0 spiro atoms. The molecule has 3 rings (SSSR count). The lowest BCUT2D eigenvalue weighted by Crippen LogP contribution is -2.19. The lowest BCUT2D eigenvalue weighted by Gasteiger charge is -2.09. The Hall–Kier alpha value is -2.97. The number of hydrazone groups is 1. The van der Waals surface area contributed by atoms with Crippen LogP contribution >= 0.6 is 23.4 Å². The van der Waals surface area contributed by atoms with Crippen molar-refractivity contribution >= 4 is 35.5 Å². The maximum Gasteiger partial charge on any atom is 0.573 e. The second kappa shape index (κ2) is 9.69. The van der Waals surface area contributed by atoms with Crippen LogP contribution < -0.4 is 10.2 Å². The van der Waals surface area contributed by atoms with Crippen LogP contribution in [0.4, 0.5) is 13.2 Å². The Balaban J connectivity index is 1.64. The van der Waals surface area contributed by atoms with Gasteiger partial charge >= 0.3 is 6.36 Å². The van der Waals surface area contributed by atoms with Gasteiger partial charge in [-0.15, -0.1) is 13.2 Å². The quantitative estimate of drug-likeness (QED) is 0.362. The van der Waals surface area contributed by atoms with Gasteiger partial charge in [0.25, 0.3) is 5.91 Å². The highest BCUT2D eigenvalue weighted by Gasteiger charge is 2.31. The van der Waals surface area contributed by atoms with Gasteiger partial charge in [-0.2, -0.15) is 5.10 Å². The molecule has 1 amide bonds. The zero-order chi connectivity index (χ0) is 21.6.